The van der Waals surface area contributed by atoms with Crippen molar-refractivity contribution < 1.29 is 0 Å². The molecule has 1 nitrogen and oxygen atoms in total. The van der Waals surface area contributed by atoms with Gasteiger partial charge in [-0.1, -0.05) is 48.2 Å². The van der Waals surface area contributed by atoms with E-state index in [9.17, 15) is 0 Å². The molecule has 0 heterocycles. The third-order valence-corrected chi connectivity index (χ3v) is 2.72. The lowest BCUT2D eigenvalue weighted by Gasteiger charge is -2.15. The highest BCUT2D eigenvalue weighted by Gasteiger charge is 2.10. The summed E-state index contributed by atoms with van der Waals surface area (Å²) < 4.78 is 1.06. The summed E-state index contributed by atoms with van der Waals surface area (Å²) in [5, 5.41) is 3.51. The molecule has 1 rings (SSSR count). The van der Waals surface area contributed by atoms with Crippen LogP contribution in [-0.2, 0) is 0 Å². The van der Waals surface area contributed by atoms with Gasteiger partial charge in [-0.05, 0) is 12.8 Å². The van der Waals surface area contributed by atoms with Crippen molar-refractivity contribution in [1.82, 2.24) is 5.32 Å². The van der Waals surface area contributed by atoms with Gasteiger partial charge in [0.05, 0.1) is 0 Å². The van der Waals surface area contributed by atoms with Gasteiger partial charge in [0.1, 0.15) is 0 Å². The van der Waals surface area contributed by atoms with Crippen LogP contribution in [0, 0.1) is 0 Å². The summed E-state index contributed by atoms with van der Waals surface area (Å²) >= 11 is 3.36. The highest BCUT2D eigenvalue weighted by atomic mass is 79.9. The number of rotatable bonds is 3. The molecule has 0 unspecified atom stereocenters. The molecule has 12 heavy (non-hydrogen) atoms. The number of nitrogens with one attached hydrogen (secondary N) is 1. The van der Waals surface area contributed by atoms with Gasteiger partial charge < -0.3 is 5.32 Å². The van der Waals surface area contributed by atoms with Gasteiger partial charge in [0.25, 0.3) is 0 Å². The van der Waals surface area contributed by atoms with E-state index in [4.69, 9.17) is 0 Å². The van der Waals surface area contributed by atoms with Gasteiger partial charge in [0.2, 0.25) is 0 Å². The minimum Gasteiger partial charge on any atom is -0.309 e. The first-order valence-corrected chi connectivity index (χ1v) is 5.65. The van der Waals surface area contributed by atoms with Crippen molar-refractivity contribution in [2.45, 2.75) is 44.6 Å². The Morgan fingerprint density at radius 3 is 2.33 bits per heavy atom. The molecule has 1 saturated carbocycles. The van der Waals surface area contributed by atoms with E-state index < -0.39 is 0 Å². The average Bonchev–Trinajstić information content (AvgIpc) is 2.28. The zero-order chi connectivity index (χ0) is 8.81. The van der Waals surface area contributed by atoms with Crippen molar-refractivity contribution in [3.63, 3.8) is 0 Å². The number of hydrogen-bond donors (Lipinski definition) is 1. The smallest absolute Gasteiger partial charge is 0.0268 e. The van der Waals surface area contributed by atoms with E-state index in [0.717, 1.165) is 17.1 Å². The first-order valence-electron chi connectivity index (χ1n) is 4.85. The topological polar surface area (TPSA) is 12.0 Å². The first-order chi connectivity index (χ1) is 5.79. The quantitative estimate of drug-likeness (QED) is 0.737. The average molecular weight is 232 g/mol. The SMILES string of the molecule is C=C(Br)CNC1CCCCCC1. The van der Waals surface area contributed by atoms with E-state index >= 15 is 0 Å². The lowest BCUT2D eigenvalue weighted by Crippen LogP contribution is -2.29. The third kappa shape index (κ3) is 4.27. The maximum absolute atomic E-state index is 3.82. The molecule has 70 valence electrons. The van der Waals surface area contributed by atoms with Gasteiger partial charge in [0.15, 0.2) is 0 Å². The molecular weight excluding hydrogens is 214 g/mol. The molecule has 1 N–H and O–H groups in total. The largest absolute Gasteiger partial charge is 0.309 e. The summed E-state index contributed by atoms with van der Waals surface area (Å²) in [6.45, 7) is 4.74. The molecule has 2 heteroatoms. The van der Waals surface area contributed by atoms with Crippen LogP contribution in [0.1, 0.15) is 38.5 Å². The molecule has 1 fully saturated rings. The van der Waals surface area contributed by atoms with E-state index in [1.165, 1.54) is 38.5 Å². The van der Waals surface area contributed by atoms with Gasteiger partial charge >= 0.3 is 0 Å². The lowest BCUT2D eigenvalue weighted by atomic mass is 10.1. The van der Waals surface area contributed by atoms with E-state index in [1.54, 1.807) is 0 Å². The van der Waals surface area contributed by atoms with E-state index in [1.807, 2.05) is 0 Å². The van der Waals surface area contributed by atoms with Crippen LogP contribution in [0.2, 0.25) is 0 Å². The summed E-state index contributed by atoms with van der Waals surface area (Å²) in [6.07, 6.45) is 8.33. The van der Waals surface area contributed by atoms with Crippen molar-refractivity contribution >= 4 is 15.9 Å². The Bertz CT molecular complexity index is 137. The predicted molar refractivity (Wildman–Crippen MR) is 57.6 cm³/mol. The Morgan fingerprint density at radius 2 is 1.83 bits per heavy atom. The fourth-order valence-corrected chi connectivity index (χ4v) is 1.90. The maximum Gasteiger partial charge on any atom is 0.0268 e. The van der Waals surface area contributed by atoms with Crippen LogP contribution >= 0.6 is 15.9 Å². The maximum atomic E-state index is 3.82. The second-order valence-corrected chi connectivity index (χ2v) is 4.71. The molecule has 0 aromatic carbocycles. The Morgan fingerprint density at radius 1 is 1.25 bits per heavy atom. The molecule has 0 aromatic heterocycles. The van der Waals surface area contributed by atoms with Crippen LogP contribution in [-0.4, -0.2) is 12.6 Å². The third-order valence-electron chi connectivity index (χ3n) is 2.44. The van der Waals surface area contributed by atoms with E-state index in [2.05, 4.69) is 27.8 Å². The Balaban J connectivity index is 2.16. The standard InChI is InChI=1S/C10H18BrN/c1-9(11)8-12-10-6-4-2-3-5-7-10/h10,12H,1-8H2. The van der Waals surface area contributed by atoms with Gasteiger partial charge in [-0.15, -0.1) is 0 Å². The summed E-state index contributed by atoms with van der Waals surface area (Å²) in [5.74, 6) is 0. The lowest BCUT2D eigenvalue weighted by molar-refractivity contribution is 0.481. The van der Waals surface area contributed by atoms with Crippen LogP contribution in [0.15, 0.2) is 11.1 Å². The zero-order valence-electron chi connectivity index (χ0n) is 7.61. The summed E-state index contributed by atoms with van der Waals surface area (Å²) in [5.41, 5.74) is 0. The minimum absolute atomic E-state index is 0.738. The van der Waals surface area contributed by atoms with Gasteiger partial charge in [-0.25, -0.2) is 0 Å². The molecule has 1 aliphatic carbocycles. The summed E-state index contributed by atoms with van der Waals surface area (Å²) in [6, 6.07) is 0.738. The predicted octanol–water partition coefficient (Wildman–Crippen LogP) is 3.21. The van der Waals surface area contributed by atoms with Crippen molar-refractivity contribution in [2.75, 3.05) is 6.54 Å². The molecule has 0 bridgehead atoms. The second kappa shape index (κ2) is 5.76. The zero-order valence-corrected chi connectivity index (χ0v) is 9.20. The summed E-state index contributed by atoms with van der Waals surface area (Å²) in [4.78, 5) is 0. The van der Waals surface area contributed by atoms with Crippen molar-refractivity contribution in [3.8, 4) is 0 Å². The monoisotopic (exact) mass is 231 g/mol. The fourth-order valence-electron chi connectivity index (χ4n) is 1.74. The van der Waals surface area contributed by atoms with Crippen LogP contribution < -0.4 is 5.32 Å². The Hall–Kier alpha value is 0.180. The van der Waals surface area contributed by atoms with Gasteiger partial charge in [0, 0.05) is 17.1 Å². The number of halogens is 1. The Kier molecular flexibility index (Phi) is 4.93. The van der Waals surface area contributed by atoms with Crippen LogP contribution in [0.25, 0.3) is 0 Å². The van der Waals surface area contributed by atoms with Crippen molar-refractivity contribution in [1.29, 1.82) is 0 Å². The minimum atomic E-state index is 0.738. The molecule has 0 atom stereocenters. The fraction of sp³-hybridized carbons (Fsp3) is 0.800. The first kappa shape index (κ1) is 10.3. The van der Waals surface area contributed by atoms with Crippen molar-refractivity contribution in [2.24, 2.45) is 0 Å². The highest BCUT2D eigenvalue weighted by molar-refractivity contribution is 9.11. The highest BCUT2D eigenvalue weighted by Crippen LogP contribution is 2.17. The van der Waals surface area contributed by atoms with Gasteiger partial charge in [-0.2, -0.15) is 0 Å². The van der Waals surface area contributed by atoms with Crippen molar-refractivity contribution in [3.05, 3.63) is 11.1 Å². The molecule has 0 saturated heterocycles. The Labute approximate surface area is 83.7 Å². The molecule has 0 spiro atoms. The molecular formula is C10H18BrN. The van der Waals surface area contributed by atoms with Gasteiger partial charge in [-0.3, -0.25) is 0 Å². The van der Waals surface area contributed by atoms with Crippen LogP contribution in [0.4, 0.5) is 0 Å². The second-order valence-electron chi connectivity index (χ2n) is 3.59. The molecule has 0 aliphatic heterocycles. The summed E-state index contributed by atoms with van der Waals surface area (Å²) in [7, 11) is 0. The normalized spacial score (nSPS) is 20.4. The van der Waals surface area contributed by atoms with E-state index in [-0.39, 0.29) is 0 Å². The van der Waals surface area contributed by atoms with Crippen LogP contribution in [0.5, 0.6) is 0 Å². The van der Waals surface area contributed by atoms with Crippen LogP contribution in [0.3, 0.4) is 0 Å². The molecule has 0 amide bonds. The molecule has 1 aliphatic rings. The van der Waals surface area contributed by atoms with E-state index in [0.29, 0.717) is 0 Å². The molecule has 0 radical (unpaired) electrons. The molecule has 0 aromatic rings. The number of hydrogen-bond acceptors (Lipinski definition) is 1.